The van der Waals surface area contributed by atoms with Crippen LogP contribution in [0.5, 0.6) is 0 Å². The number of benzene rings is 2. The van der Waals surface area contributed by atoms with Crippen LogP contribution in [0.15, 0.2) is 59.4 Å². The highest BCUT2D eigenvalue weighted by molar-refractivity contribution is 5.77. The summed E-state index contributed by atoms with van der Waals surface area (Å²) in [6.07, 6.45) is -4.45. The molecule has 0 unspecified atom stereocenters. The van der Waals surface area contributed by atoms with Crippen molar-refractivity contribution in [3.8, 4) is 11.4 Å². The topological polar surface area (TPSA) is 84.2 Å². The van der Waals surface area contributed by atoms with Gasteiger partial charge in [-0.2, -0.15) is 13.2 Å². The maximum atomic E-state index is 13.1. The van der Waals surface area contributed by atoms with Crippen molar-refractivity contribution < 1.29 is 23.1 Å². The number of carbonyl (C=O) groups is 1. The molecule has 3 aromatic rings. The first-order valence-electron chi connectivity index (χ1n) is 10.3. The van der Waals surface area contributed by atoms with Crippen LogP contribution >= 0.6 is 0 Å². The molecule has 1 aromatic heterocycles. The van der Waals surface area contributed by atoms with Crippen LogP contribution in [-0.2, 0) is 23.9 Å². The van der Waals surface area contributed by atoms with Gasteiger partial charge in [0.2, 0.25) is 5.91 Å². The normalized spacial score (nSPS) is 12.4. The highest BCUT2D eigenvalue weighted by Gasteiger charge is 2.30. The van der Waals surface area contributed by atoms with Gasteiger partial charge >= 0.3 is 6.18 Å². The first-order valence-corrected chi connectivity index (χ1v) is 10.3. The fourth-order valence-corrected chi connectivity index (χ4v) is 3.53. The molecule has 0 aliphatic rings. The maximum absolute atomic E-state index is 13.1. The number of rotatable bonds is 7. The predicted octanol–water partition coefficient (Wildman–Crippen LogP) is 3.65. The first-order chi connectivity index (χ1) is 15.6. The molecule has 0 radical (unpaired) electrons. The number of amides is 1. The number of alkyl halides is 3. The van der Waals surface area contributed by atoms with Crippen LogP contribution in [0.2, 0.25) is 0 Å². The van der Waals surface area contributed by atoms with Gasteiger partial charge in [-0.25, -0.2) is 4.98 Å². The van der Waals surface area contributed by atoms with Crippen molar-refractivity contribution >= 4 is 5.91 Å². The second-order valence-electron chi connectivity index (χ2n) is 7.64. The molecule has 0 fully saturated rings. The van der Waals surface area contributed by atoms with Gasteiger partial charge in [0, 0.05) is 29.8 Å². The third kappa shape index (κ3) is 5.67. The number of halogens is 3. The monoisotopic (exact) mass is 459 g/mol. The van der Waals surface area contributed by atoms with E-state index >= 15 is 0 Å². The van der Waals surface area contributed by atoms with Crippen molar-refractivity contribution in [3.63, 3.8) is 0 Å². The zero-order valence-electron chi connectivity index (χ0n) is 18.2. The Morgan fingerprint density at radius 3 is 2.33 bits per heavy atom. The number of hydrogen-bond acceptors (Lipinski definition) is 4. The van der Waals surface area contributed by atoms with Crippen molar-refractivity contribution in [2.45, 2.75) is 39.0 Å². The highest BCUT2D eigenvalue weighted by atomic mass is 19.4. The molecule has 2 aromatic carbocycles. The number of aryl methyl sites for hydroxylation is 1. The minimum absolute atomic E-state index is 0.0486. The molecular formula is C24H24F3N3O3. The van der Waals surface area contributed by atoms with Crippen LogP contribution < -0.4 is 10.9 Å². The van der Waals surface area contributed by atoms with Gasteiger partial charge in [-0.3, -0.25) is 14.2 Å². The van der Waals surface area contributed by atoms with Gasteiger partial charge in [-0.05, 0) is 31.5 Å². The molecule has 0 bridgehead atoms. The molecule has 0 aliphatic heterocycles. The summed E-state index contributed by atoms with van der Waals surface area (Å²) in [4.78, 5) is 30.3. The fourth-order valence-electron chi connectivity index (χ4n) is 3.53. The van der Waals surface area contributed by atoms with Gasteiger partial charge in [-0.1, -0.05) is 42.5 Å². The molecule has 2 N–H and O–H groups in total. The minimum Gasteiger partial charge on any atom is -0.396 e. The molecule has 6 nitrogen and oxygen atoms in total. The van der Waals surface area contributed by atoms with E-state index in [0.29, 0.717) is 5.69 Å². The molecule has 0 saturated heterocycles. The molecule has 0 aliphatic carbocycles. The van der Waals surface area contributed by atoms with E-state index in [0.717, 1.165) is 22.3 Å². The lowest BCUT2D eigenvalue weighted by Gasteiger charge is -2.18. The number of aliphatic hydroxyl groups excluding tert-OH is 1. The first kappa shape index (κ1) is 24.2. The summed E-state index contributed by atoms with van der Waals surface area (Å²) >= 11 is 0. The molecule has 3 rings (SSSR count). The van der Waals surface area contributed by atoms with Crippen LogP contribution in [0, 0.1) is 6.92 Å². The minimum atomic E-state index is -4.50. The Bertz CT molecular complexity index is 1170. The molecule has 33 heavy (non-hydrogen) atoms. The van der Waals surface area contributed by atoms with Gasteiger partial charge in [0.1, 0.15) is 12.4 Å². The Morgan fingerprint density at radius 1 is 1.12 bits per heavy atom. The Balaban J connectivity index is 1.98. The summed E-state index contributed by atoms with van der Waals surface area (Å²) in [5.74, 6) is -0.377. The van der Waals surface area contributed by atoms with Crippen molar-refractivity contribution in [2.24, 2.45) is 0 Å². The lowest BCUT2D eigenvalue weighted by Crippen LogP contribution is -2.36. The summed E-state index contributed by atoms with van der Waals surface area (Å²) in [6.45, 7) is 2.73. The second-order valence-corrected chi connectivity index (χ2v) is 7.64. The zero-order chi connectivity index (χ0) is 24.2. The van der Waals surface area contributed by atoms with E-state index in [9.17, 15) is 27.9 Å². The van der Waals surface area contributed by atoms with E-state index in [1.165, 1.54) is 12.1 Å². The molecule has 1 amide bonds. The zero-order valence-corrected chi connectivity index (χ0v) is 18.2. The molecular weight excluding hydrogens is 435 g/mol. The lowest BCUT2D eigenvalue weighted by molar-refractivity contribution is -0.137. The van der Waals surface area contributed by atoms with Crippen LogP contribution in [0.25, 0.3) is 11.4 Å². The smallest absolute Gasteiger partial charge is 0.396 e. The SMILES string of the molecule is Cc1nc(-c2ccc(C(F)(F)F)cc2)n(CC(=O)N[C@@H](C)c2ccccc2)c(=O)c1CCO. The molecule has 174 valence electrons. The van der Waals surface area contributed by atoms with E-state index in [1.54, 1.807) is 13.8 Å². The van der Waals surface area contributed by atoms with E-state index < -0.39 is 23.2 Å². The van der Waals surface area contributed by atoms with Crippen LogP contribution in [0.3, 0.4) is 0 Å². The third-order valence-electron chi connectivity index (χ3n) is 5.28. The molecule has 1 atom stereocenters. The van der Waals surface area contributed by atoms with Crippen molar-refractivity contribution in [1.82, 2.24) is 14.9 Å². The van der Waals surface area contributed by atoms with Crippen molar-refractivity contribution in [1.29, 1.82) is 0 Å². The van der Waals surface area contributed by atoms with Gasteiger partial charge < -0.3 is 10.4 Å². The van der Waals surface area contributed by atoms with Gasteiger partial charge in [0.05, 0.1) is 11.6 Å². The van der Waals surface area contributed by atoms with Crippen molar-refractivity contribution in [3.05, 3.63) is 87.3 Å². The summed E-state index contributed by atoms with van der Waals surface area (Å²) in [6, 6.07) is 13.2. The quantitative estimate of drug-likeness (QED) is 0.565. The lowest BCUT2D eigenvalue weighted by atomic mass is 10.1. The summed E-state index contributed by atoms with van der Waals surface area (Å²) in [7, 11) is 0. The number of nitrogens with zero attached hydrogens (tertiary/aromatic N) is 2. The number of aromatic nitrogens is 2. The highest BCUT2D eigenvalue weighted by Crippen LogP contribution is 2.30. The Hall–Kier alpha value is -3.46. The molecule has 0 saturated carbocycles. The average molecular weight is 459 g/mol. The summed E-state index contributed by atoms with van der Waals surface area (Å²) in [5.41, 5.74) is 0.388. The summed E-state index contributed by atoms with van der Waals surface area (Å²) in [5, 5.41) is 12.1. The molecule has 0 spiro atoms. The second kappa shape index (κ2) is 9.99. The summed E-state index contributed by atoms with van der Waals surface area (Å²) < 4.78 is 40.0. The third-order valence-corrected chi connectivity index (χ3v) is 5.28. The number of nitrogens with one attached hydrogen (secondary N) is 1. The standard InChI is InChI=1S/C24H24F3N3O3/c1-15(17-6-4-3-5-7-17)28-21(32)14-30-22(29-16(2)20(12-13-31)23(30)33)18-8-10-19(11-9-18)24(25,26)27/h3-11,15,31H,12-14H2,1-2H3,(H,28,32)/t15-/m0/s1. The predicted molar refractivity (Wildman–Crippen MR) is 117 cm³/mol. The maximum Gasteiger partial charge on any atom is 0.416 e. The van der Waals surface area contributed by atoms with E-state index in [-0.39, 0.29) is 42.6 Å². The number of aliphatic hydroxyl groups is 1. The van der Waals surface area contributed by atoms with Gasteiger partial charge in [0.15, 0.2) is 0 Å². The average Bonchev–Trinajstić information content (AvgIpc) is 2.78. The van der Waals surface area contributed by atoms with E-state index in [1.807, 2.05) is 30.3 Å². The largest absolute Gasteiger partial charge is 0.416 e. The number of hydrogen-bond donors (Lipinski definition) is 2. The van der Waals surface area contributed by atoms with Crippen LogP contribution in [0.1, 0.15) is 35.3 Å². The molecule has 9 heteroatoms. The van der Waals surface area contributed by atoms with Crippen LogP contribution in [0.4, 0.5) is 13.2 Å². The molecule has 1 heterocycles. The fraction of sp³-hybridized carbons (Fsp3) is 0.292. The van der Waals surface area contributed by atoms with E-state index in [2.05, 4.69) is 10.3 Å². The van der Waals surface area contributed by atoms with Crippen molar-refractivity contribution in [2.75, 3.05) is 6.61 Å². The van der Waals surface area contributed by atoms with Crippen LogP contribution in [-0.4, -0.2) is 27.2 Å². The Kier molecular flexibility index (Phi) is 7.33. The van der Waals surface area contributed by atoms with Gasteiger partial charge in [0.25, 0.3) is 5.56 Å². The Labute approximate surface area is 188 Å². The number of carbonyl (C=O) groups excluding carboxylic acids is 1. The van der Waals surface area contributed by atoms with Gasteiger partial charge in [-0.15, -0.1) is 0 Å². The Morgan fingerprint density at radius 2 is 1.76 bits per heavy atom. The van der Waals surface area contributed by atoms with E-state index in [4.69, 9.17) is 0 Å².